The number of nitrogens with zero attached hydrogens (tertiary/aromatic N) is 4. The van der Waals surface area contributed by atoms with Crippen LogP contribution in [0.1, 0.15) is 50.4 Å². The van der Waals surface area contributed by atoms with E-state index in [4.69, 9.17) is 0 Å². The minimum absolute atomic E-state index is 0.251. The van der Waals surface area contributed by atoms with E-state index in [2.05, 4.69) is 37.8 Å². The molecule has 0 amide bonds. The first-order valence-electron chi connectivity index (χ1n) is 10.9. The molecule has 0 aliphatic carbocycles. The monoisotopic (exact) mass is 484 g/mol. The lowest BCUT2D eigenvalue weighted by Gasteiger charge is -2.28. The van der Waals surface area contributed by atoms with Gasteiger partial charge in [0.05, 0.1) is 17.1 Å². The van der Waals surface area contributed by atoms with E-state index >= 15 is 0 Å². The summed E-state index contributed by atoms with van der Waals surface area (Å²) in [6, 6.07) is 10.6. The molecule has 1 aliphatic rings. The molecule has 3 aromatic rings. The number of unbranched alkanes of at least 4 members (excludes halogenated alkanes) is 1. The Morgan fingerprint density at radius 3 is 2.71 bits per heavy atom. The van der Waals surface area contributed by atoms with Crippen molar-refractivity contribution >= 4 is 38.7 Å². The summed E-state index contributed by atoms with van der Waals surface area (Å²) in [6.07, 6.45) is 7.42. The first-order chi connectivity index (χ1) is 15.1. The largest absolute Gasteiger partial charge is 0.371 e. The van der Waals surface area contributed by atoms with Gasteiger partial charge in [-0.05, 0) is 62.1 Å². The Morgan fingerprint density at radius 2 is 1.97 bits per heavy atom. The van der Waals surface area contributed by atoms with Crippen molar-refractivity contribution in [2.24, 2.45) is 5.10 Å². The smallest absolute Gasteiger partial charge is 0.282 e. The molecule has 162 valence electrons. The Balaban J connectivity index is 1.69. The van der Waals surface area contributed by atoms with E-state index in [0.717, 1.165) is 48.9 Å². The molecule has 7 heteroatoms. The zero-order chi connectivity index (χ0) is 21.8. The average molecular weight is 485 g/mol. The average Bonchev–Trinajstić information content (AvgIpc) is 2.79. The second-order valence-electron chi connectivity index (χ2n) is 7.91. The molecule has 0 atom stereocenters. The quantitative estimate of drug-likeness (QED) is 0.433. The minimum atomic E-state index is -0.341. The molecule has 1 saturated heterocycles. The Labute approximate surface area is 189 Å². The summed E-state index contributed by atoms with van der Waals surface area (Å²) in [5.74, 6) is 0.245. The predicted molar refractivity (Wildman–Crippen MR) is 128 cm³/mol. The fraction of sp³-hybridized carbons (Fsp3) is 0.375. The summed E-state index contributed by atoms with van der Waals surface area (Å²) >= 11 is 3.41. The van der Waals surface area contributed by atoms with Crippen LogP contribution < -0.4 is 10.5 Å². The fourth-order valence-corrected chi connectivity index (χ4v) is 4.26. The lowest BCUT2D eigenvalue weighted by molar-refractivity contribution is 0.574. The maximum absolute atomic E-state index is 14.8. The number of halogens is 2. The highest BCUT2D eigenvalue weighted by molar-refractivity contribution is 9.10. The van der Waals surface area contributed by atoms with Crippen molar-refractivity contribution in [1.29, 1.82) is 0 Å². The summed E-state index contributed by atoms with van der Waals surface area (Å²) in [6.45, 7) is 4.01. The van der Waals surface area contributed by atoms with E-state index in [-0.39, 0.29) is 11.4 Å². The SMILES string of the molecule is CCCCc1nc2ccc(Br)cc2c(=O)n1N=Cc1ccc(N2CCCCC2)cc1F. The van der Waals surface area contributed by atoms with Gasteiger partial charge in [-0.25, -0.2) is 9.37 Å². The van der Waals surface area contributed by atoms with Gasteiger partial charge in [-0.1, -0.05) is 29.3 Å². The van der Waals surface area contributed by atoms with Crippen LogP contribution >= 0.6 is 15.9 Å². The van der Waals surface area contributed by atoms with Crippen molar-refractivity contribution in [3.63, 3.8) is 0 Å². The third kappa shape index (κ3) is 4.87. The summed E-state index contributed by atoms with van der Waals surface area (Å²) < 4.78 is 16.9. The summed E-state index contributed by atoms with van der Waals surface area (Å²) in [4.78, 5) is 20.0. The fourth-order valence-electron chi connectivity index (χ4n) is 3.90. The van der Waals surface area contributed by atoms with Crippen molar-refractivity contribution in [1.82, 2.24) is 9.66 Å². The predicted octanol–water partition coefficient (Wildman–Crippen LogP) is 5.51. The summed E-state index contributed by atoms with van der Waals surface area (Å²) in [7, 11) is 0. The van der Waals surface area contributed by atoms with Gasteiger partial charge in [0.25, 0.3) is 5.56 Å². The van der Waals surface area contributed by atoms with Crippen LogP contribution in [-0.4, -0.2) is 29.0 Å². The third-order valence-electron chi connectivity index (χ3n) is 5.65. The molecule has 0 saturated carbocycles. The number of rotatable bonds is 6. The van der Waals surface area contributed by atoms with Gasteiger partial charge in [0, 0.05) is 35.2 Å². The van der Waals surface area contributed by atoms with Crippen molar-refractivity contribution in [2.75, 3.05) is 18.0 Å². The normalized spacial score (nSPS) is 14.6. The molecule has 2 heterocycles. The van der Waals surface area contributed by atoms with E-state index < -0.39 is 0 Å². The topological polar surface area (TPSA) is 50.5 Å². The maximum atomic E-state index is 14.8. The van der Waals surface area contributed by atoms with Gasteiger partial charge in [0.15, 0.2) is 0 Å². The molecule has 4 rings (SSSR count). The Hall–Kier alpha value is -2.54. The highest BCUT2D eigenvalue weighted by Crippen LogP contribution is 2.22. The van der Waals surface area contributed by atoms with Gasteiger partial charge in [0.1, 0.15) is 11.6 Å². The molecule has 0 spiro atoms. The number of hydrogen-bond donors (Lipinski definition) is 0. The van der Waals surface area contributed by atoms with E-state index in [0.29, 0.717) is 28.7 Å². The highest BCUT2D eigenvalue weighted by atomic mass is 79.9. The van der Waals surface area contributed by atoms with Crippen molar-refractivity contribution < 1.29 is 4.39 Å². The molecular weight excluding hydrogens is 459 g/mol. The molecular formula is C24H26BrFN4O. The molecule has 1 aliphatic heterocycles. The maximum Gasteiger partial charge on any atom is 0.282 e. The highest BCUT2D eigenvalue weighted by Gasteiger charge is 2.14. The number of anilines is 1. The summed E-state index contributed by atoms with van der Waals surface area (Å²) in [5, 5.41) is 4.84. The standard InChI is InChI=1S/C24H26BrFN4O/c1-2-3-7-23-28-22-11-9-18(25)14-20(22)24(31)30(23)27-16-17-8-10-19(15-21(17)26)29-12-5-4-6-13-29/h8-11,14-16H,2-7,12-13H2,1H3. The molecule has 5 nitrogen and oxygen atoms in total. The number of hydrogen-bond acceptors (Lipinski definition) is 4. The van der Waals surface area contributed by atoms with E-state index in [1.807, 2.05) is 18.2 Å². The molecule has 31 heavy (non-hydrogen) atoms. The minimum Gasteiger partial charge on any atom is -0.371 e. The van der Waals surface area contributed by atoms with Crippen LogP contribution in [0.2, 0.25) is 0 Å². The van der Waals surface area contributed by atoms with Crippen LogP contribution in [0.25, 0.3) is 10.9 Å². The number of fused-ring (bicyclic) bond motifs is 1. The first kappa shape index (κ1) is 21.7. The molecule has 0 N–H and O–H groups in total. The number of piperidine rings is 1. The Morgan fingerprint density at radius 1 is 1.16 bits per heavy atom. The van der Waals surface area contributed by atoms with Crippen LogP contribution in [0, 0.1) is 5.82 Å². The molecule has 0 bridgehead atoms. The van der Waals surface area contributed by atoms with Crippen LogP contribution in [0.15, 0.2) is 50.8 Å². The zero-order valence-corrected chi connectivity index (χ0v) is 19.2. The molecule has 0 radical (unpaired) electrons. The van der Waals surface area contributed by atoms with Gasteiger partial charge < -0.3 is 4.90 Å². The van der Waals surface area contributed by atoms with Crippen molar-refractivity contribution in [3.8, 4) is 0 Å². The van der Waals surface area contributed by atoms with Gasteiger partial charge >= 0.3 is 0 Å². The van der Waals surface area contributed by atoms with Gasteiger partial charge in [-0.15, -0.1) is 0 Å². The lowest BCUT2D eigenvalue weighted by atomic mass is 10.1. The van der Waals surface area contributed by atoms with E-state index in [1.165, 1.54) is 17.3 Å². The van der Waals surface area contributed by atoms with E-state index in [9.17, 15) is 9.18 Å². The molecule has 2 aromatic carbocycles. The van der Waals surface area contributed by atoms with Gasteiger partial charge in [0.2, 0.25) is 0 Å². The third-order valence-corrected chi connectivity index (χ3v) is 6.14. The number of aromatic nitrogens is 2. The first-order valence-corrected chi connectivity index (χ1v) is 11.7. The number of aryl methyl sites for hydroxylation is 1. The van der Waals surface area contributed by atoms with Crippen molar-refractivity contribution in [3.05, 3.63) is 68.4 Å². The van der Waals surface area contributed by atoms with Crippen LogP contribution in [0.3, 0.4) is 0 Å². The lowest BCUT2D eigenvalue weighted by Crippen LogP contribution is -2.29. The van der Waals surface area contributed by atoms with Crippen LogP contribution in [0.4, 0.5) is 10.1 Å². The van der Waals surface area contributed by atoms with Crippen LogP contribution in [-0.2, 0) is 6.42 Å². The molecule has 1 aromatic heterocycles. The molecule has 0 unspecified atom stereocenters. The Bertz CT molecular complexity index is 1170. The van der Waals surface area contributed by atoms with Crippen LogP contribution in [0.5, 0.6) is 0 Å². The summed E-state index contributed by atoms with van der Waals surface area (Å²) in [5.41, 5.74) is 1.64. The second-order valence-corrected chi connectivity index (χ2v) is 8.82. The Kier molecular flexibility index (Phi) is 6.80. The molecule has 1 fully saturated rings. The van der Waals surface area contributed by atoms with E-state index in [1.54, 1.807) is 18.2 Å². The van der Waals surface area contributed by atoms with Gasteiger partial charge in [-0.3, -0.25) is 4.79 Å². The number of benzene rings is 2. The second kappa shape index (κ2) is 9.73. The van der Waals surface area contributed by atoms with Crippen molar-refractivity contribution in [2.45, 2.75) is 45.4 Å². The van der Waals surface area contributed by atoms with Gasteiger partial charge in [-0.2, -0.15) is 9.78 Å². The zero-order valence-electron chi connectivity index (χ0n) is 17.7.